The van der Waals surface area contributed by atoms with Gasteiger partial charge < -0.3 is 25.7 Å². The van der Waals surface area contributed by atoms with Gasteiger partial charge in [0, 0.05) is 42.5 Å². The molecule has 42 heavy (non-hydrogen) atoms. The van der Waals surface area contributed by atoms with E-state index in [0.29, 0.717) is 52.0 Å². The molecule has 0 saturated heterocycles. The van der Waals surface area contributed by atoms with Crippen LogP contribution >= 0.6 is 22.7 Å². The zero-order chi connectivity index (χ0) is 29.6. The number of unbranched alkanes of at least 4 members (excludes halogenated alkanes) is 1. The summed E-state index contributed by atoms with van der Waals surface area (Å²) in [5.41, 5.74) is 1.91. The fraction of sp³-hybridized carbons (Fsp3) is 0.312. The minimum absolute atomic E-state index is 0.317. The lowest BCUT2D eigenvalue weighted by molar-refractivity contribution is -0.0339. The van der Waals surface area contributed by atoms with Crippen LogP contribution in [0, 0.1) is 0 Å². The van der Waals surface area contributed by atoms with E-state index in [0.717, 1.165) is 20.9 Å². The van der Waals surface area contributed by atoms with E-state index in [-0.39, 0.29) is 6.03 Å². The quantitative estimate of drug-likeness (QED) is 0.0879. The Labute approximate surface area is 255 Å². The molecule has 4 aromatic rings. The smallest absolute Gasteiger partial charge is 0.407 e. The average Bonchev–Trinajstić information content (AvgIpc) is 3.72. The first-order valence-electron chi connectivity index (χ1n) is 14.0. The summed E-state index contributed by atoms with van der Waals surface area (Å²) in [5.74, 6) is 0. The number of amides is 3. The van der Waals surface area contributed by atoms with E-state index in [4.69, 9.17) is 0 Å². The molecule has 0 saturated carbocycles. The molecule has 1 unspecified atom stereocenters. The Morgan fingerprint density at radius 1 is 0.762 bits per heavy atom. The number of aliphatic hydroxyl groups is 1. The summed E-state index contributed by atoms with van der Waals surface area (Å²) in [4.78, 5) is 30.5. The normalized spacial score (nSPS) is 12.5. The van der Waals surface area contributed by atoms with E-state index >= 15 is 0 Å². The molecule has 0 aliphatic heterocycles. The number of benzene rings is 2. The molecule has 8 nitrogen and oxygen atoms in total. The van der Waals surface area contributed by atoms with Crippen LogP contribution in [-0.4, -0.2) is 51.0 Å². The number of carbonyl (C=O) groups is 2. The third-order valence-electron chi connectivity index (χ3n) is 6.90. The van der Waals surface area contributed by atoms with Crippen LogP contribution in [0.15, 0.2) is 95.7 Å². The summed E-state index contributed by atoms with van der Waals surface area (Å²) in [5, 5.41) is 31.4. The molecule has 2 aromatic heterocycles. The second kappa shape index (κ2) is 16.7. The molecule has 4 N–H and O–H groups in total. The van der Waals surface area contributed by atoms with Crippen LogP contribution in [0.1, 0.15) is 40.1 Å². The number of hydrogen-bond donors (Lipinski definition) is 4. The molecular formula is C32H38N4O4S2. The molecule has 2 heterocycles. The Morgan fingerprint density at radius 2 is 1.36 bits per heavy atom. The molecule has 0 spiro atoms. The van der Waals surface area contributed by atoms with E-state index in [2.05, 4.69) is 10.6 Å². The van der Waals surface area contributed by atoms with Crippen LogP contribution in [0.25, 0.3) is 0 Å². The maximum atomic E-state index is 13.0. The monoisotopic (exact) mass is 606 g/mol. The Balaban J connectivity index is 1.41. The fourth-order valence-electron chi connectivity index (χ4n) is 4.71. The van der Waals surface area contributed by atoms with Crippen molar-refractivity contribution in [3.63, 3.8) is 0 Å². The molecule has 0 bridgehead atoms. The van der Waals surface area contributed by atoms with Crippen LogP contribution in [0.5, 0.6) is 0 Å². The highest BCUT2D eigenvalue weighted by Crippen LogP contribution is 2.21. The first-order chi connectivity index (χ1) is 20.5. The van der Waals surface area contributed by atoms with Crippen molar-refractivity contribution in [3.05, 3.63) is 117 Å². The van der Waals surface area contributed by atoms with Crippen molar-refractivity contribution in [1.82, 2.24) is 20.4 Å². The van der Waals surface area contributed by atoms with Gasteiger partial charge in [-0.3, -0.25) is 4.90 Å². The Hall–Kier alpha value is -3.70. The first-order valence-corrected chi connectivity index (χ1v) is 15.8. The Kier molecular flexibility index (Phi) is 12.4. The number of aliphatic hydroxyl groups excluding tert-OH is 1. The number of urea groups is 1. The standard InChI is InChI=1S/C32H38N4O4S2/c37-30(36(23-27-15-9-19-41-27)24-28-16-10-20-42-28)29(34-31(38)33-21-25-11-3-1-4-12-25)17-7-8-18-35(32(39)40)22-26-13-5-2-6-14-26/h1-6,9-16,19-20,29-30,37H,7-8,17-18,21-24H2,(H,39,40)(H2,33,34,38)/t29-,30?/m0/s1. The molecule has 2 atom stereocenters. The molecule has 2 aromatic carbocycles. The summed E-state index contributed by atoms with van der Waals surface area (Å²) in [7, 11) is 0. The van der Waals surface area contributed by atoms with Crippen LogP contribution in [0.2, 0.25) is 0 Å². The Bertz CT molecular complexity index is 1290. The number of nitrogens with one attached hydrogen (secondary N) is 2. The number of nitrogens with zero attached hydrogens (tertiary/aromatic N) is 2. The van der Waals surface area contributed by atoms with E-state index in [9.17, 15) is 19.8 Å². The SMILES string of the molecule is O=C(NCc1ccccc1)N[C@@H](CCCCN(Cc1ccccc1)C(=O)O)C(O)N(Cc1cccs1)Cc1cccs1. The lowest BCUT2D eigenvalue weighted by atomic mass is 10.1. The van der Waals surface area contributed by atoms with Gasteiger partial charge in [0.2, 0.25) is 0 Å². The van der Waals surface area contributed by atoms with Gasteiger partial charge in [0.25, 0.3) is 0 Å². The number of carboxylic acid groups (broad SMARTS) is 1. The predicted molar refractivity (Wildman–Crippen MR) is 168 cm³/mol. The van der Waals surface area contributed by atoms with Crippen molar-refractivity contribution in [2.75, 3.05) is 6.54 Å². The Morgan fingerprint density at radius 3 is 1.90 bits per heavy atom. The highest BCUT2D eigenvalue weighted by atomic mass is 32.1. The third-order valence-corrected chi connectivity index (χ3v) is 8.63. The molecule has 0 aliphatic carbocycles. The lowest BCUT2D eigenvalue weighted by Gasteiger charge is -2.33. The maximum Gasteiger partial charge on any atom is 0.407 e. The van der Waals surface area contributed by atoms with Gasteiger partial charge in [-0.25, -0.2) is 9.59 Å². The average molecular weight is 607 g/mol. The summed E-state index contributed by atoms with van der Waals surface area (Å²) in [6, 6.07) is 26.3. The topological polar surface area (TPSA) is 105 Å². The number of thiophene rings is 2. The highest BCUT2D eigenvalue weighted by molar-refractivity contribution is 7.10. The summed E-state index contributed by atoms with van der Waals surface area (Å²) < 4.78 is 0. The van der Waals surface area contributed by atoms with E-state index in [1.165, 1.54) is 4.90 Å². The summed E-state index contributed by atoms with van der Waals surface area (Å²) >= 11 is 3.26. The van der Waals surface area contributed by atoms with Gasteiger partial charge in [-0.2, -0.15) is 0 Å². The van der Waals surface area contributed by atoms with E-state index < -0.39 is 18.4 Å². The molecule has 4 rings (SSSR count). The molecule has 10 heteroatoms. The first kappa shape index (κ1) is 31.2. The highest BCUT2D eigenvalue weighted by Gasteiger charge is 2.28. The number of carbonyl (C=O) groups excluding carboxylic acids is 1. The van der Waals surface area contributed by atoms with Gasteiger partial charge in [-0.15, -0.1) is 22.7 Å². The van der Waals surface area contributed by atoms with Gasteiger partial charge in [-0.1, -0.05) is 72.8 Å². The zero-order valence-corrected chi connectivity index (χ0v) is 25.1. The van der Waals surface area contributed by atoms with Crippen molar-refractivity contribution in [1.29, 1.82) is 0 Å². The van der Waals surface area contributed by atoms with E-state index in [1.54, 1.807) is 22.7 Å². The van der Waals surface area contributed by atoms with Crippen LogP contribution in [-0.2, 0) is 26.2 Å². The minimum Gasteiger partial charge on any atom is -0.465 e. The molecular weight excluding hydrogens is 569 g/mol. The lowest BCUT2D eigenvalue weighted by Crippen LogP contribution is -2.53. The van der Waals surface area contributed by atoms with E-state index in [1.807, 2.05) is 101 Å². The zero-order valence-electron chi connectivity index (χ0n) is 23.5. The van der Waals surface area contributed by atoms with Crippen molar-refractivity contribution < 1.29 is 19.8 Å². The molecule has 0 radical (unpaired) electrons. The molecule has 222 valence electrons. The van der Waals surface area contributed by atoms with Crippen molar-refractivity contribution in [2.45, 2.75) is 57.7 Å². The van der Waals surface area contributed by atoms with Crippen molar-refractivity contribution in [2.24, 2.45) is 0 Å². The maximum absolute atomic E-state index is 13.0. The predicted octanol–water partition coefficient (Wildman–Crippen LogP) is 6.35. The van der Waals surface area contributed by atoms with Crippen LogP contribution in [0.3, 0.4) is 0 Å². The number of hydrogen-bond acceptors (Lipinski definition) is 6. The van der Waals surface area contributed by atoms with Crippen LogP contribution < -0.4 is 10.6 Å². The van der Waals surface area contributed by atoms with Gasteiger partial charge in [0.1, 0.15) is 6.23 Å². The fourth-order valence-corrected chi connectivity index (χ4v) is 6.17. The molecule has 0 aliphatic rings. The molecule has 3 amide bonds. The second-order valence-corrected chi connectivity index (χ2v) is 12.1. The minimum atomic E-state index is -0.966. The second-order valence-electron chi connectivity index (χ2n) is 10.1. The van der Waals surface area contributed by atoms with Gasteiger partial charge in [0.05, 0.1) is 6.04 Å². The van der Waals surface area contributed by atoms with Crippen molar-refractivity contribution >= 4 is 34.8 Å². The number of rotatable bonds is 16. The third kappa shape index (κ3) is 10.3. The van der Waals surface area contributed by atoms with Gasteiger partial charge >= 0.3 is 12.1 Å². The summed E-state index contributed by atoms with van der Waals surface area (Å²) in [6.45, 7) is 2.14. The molecule has 0 fully saturated rings. The van der Waals surface area contributed by atoms with Gasteiger partial charge in [0.15, 0.2) is 0 Å². The largest absolute Gasteiger partial charge is 0.465 e. The summed E-state index contributed by atoms with van der Waals surface area (Å²) in [6.07, 6.45) is -0.190. The van der Waals surface area contributed by atoms with Crippen LogP contribution in [0.4, 0.5) is 9.59 Å². The van der Waals surface area contributed by atoms with Crippen molar-refractivity contribution in [3.8, 4) is 0 Å². The van der Waals surface area contributed by atoms with Gasteiger partial charge in [-0.05, 0) is 53.3 Å².